The van der Waals surface area contributed by atoms with Crippen LogP contribution in [0.3, 0.4) is 0 Å². The molecule has 2 aliphatic carbocycles. The van der Waals surface area contributed by atoms with E-state index in [1.165, 1.54) is 38.5 Å². The molecule has 160 valence electrons. The van der Waals surface area contributed by atoms with Crippen LogP contribution in [0.5, 0.6) is 0 Å². The molecule has 0 amide bonds. The van der Waals surface area contributed by atoms with Gasteiger partial charge in [0.1, 0.15) is 16.9 Å². The summed E-state index contributed by atoms with van der Waals surface area (Å²) in [4.78, 5) is 14.3. The van der Waals surface area contributed by atoms with E-state index >= 15 is 0 Å². The number of allylic oxidation sites excluding steroid dienone is 2. The smallest absolute Gasteiger partial charge is 0.151 e. The predicted molar refractivity (Wildman–Crippen MR) is 124 cm³/mol. The van der Waals surface area contributed by atoms with E-state index in [0.29, 0.717) is 17.4 Å². The highest BCUT2D eigenvalue weighted by atomic mass is 15.3. The summed E-state index contributed by atoms with van der Waals surface area (Å²) in [5.74, 6) is 3.12. The number of hydrazone groups is 1. The molecular weight excluding hydrogens is 374 g/mol. The van der Waals surface area contributed by atoms with Gasteiger partial charge in [0.25, 0.3) is 0 Å². The summed E-state index contributed by atoms with van der Waals surface area (Å²) in [5, 5.41) is 7.89. The molecule has 7 heteroatoms. The number of nitrogens with one attached hydrogen (secondary N) is 2. The van der Waals surface area contributed by atoms with Crippen LogP contribution in [0.25, 0.3) is 16.6 Å². The Morgan fingerprint density at radius 3 is 2.70 bits per heavy atom. The van der Waals surface area contributed by atoms with E-state index in [0.717, 1.165) is 46.4 Å². The van der Waals surface area contributed by atoms with E-state index in [9.17, 15) is 0 Å². The summed E-state index contributed by atoms with van der Waals surface area (Å²) in [6.07, 6.45) is 14.4. The van der Waals surface area contributed by atoms with Gasteiger partial charge in [0.05, 0.1) is 11.9 Å². The minimum atomic E-state index is 0.412. The molecular formula is C23H33N7. The number of hydrogen-bond acceptors (Lipinski definition) is 7. The molecule has 0 unspecified atom stereocenters. The number of pyridine rings is 1. The maximum Gasteiger partial charge on any atom is 0.151 e. The first-order chi connectivity index (χ1) is 14.6. The number of nitrogens with two attached hydrogens (primary N) is 1. The Kier molecular flexibility index (Phi) is 6.16. The highest BCUT2D eigenvalue weighted by Crippen LogP contribution is 2.42. The Hall–Kier alpha value is -2.70. The van der Waals surface area contributed by atoms with E-state index in [-0.39, 0.29) is 0 Å². The SMILES string of the molecule is C/C=C(\C=N/NC)c1cnc(N)c2nc(CC)c(N[C@@H]3CC[C@H](C4CCC4)C3)nc12. The van der Waals surface area contributed by atoms with Gasteiger partial charge in [-0.15, -0.1) is 0 Å². The van der Waals surface area contributed by atoms with Crippen LogP contribution in [-0.4, -0.2) is 34.3 Å². The van der Waals surface area contributed by atoms with Crippen LogP contribution in [-0.2, 0) is 6.42 Å². The average Bonchev–Trinajstić information content (AvgIpc) is 3.16. The minimum absolute atomic E-state index is 0.412. The lowest BCUT2D eigenvalue weighted by molar-refractivity contribution is 0.209. The summed E-state index contributed by atoms with van der Waals surface area (Å²) >= 11 is 0. The van der Waals surface area contributed by atoms with Gasteiger partial charge in [-0.1, -0.05) is 32.3 Å². The Labute approximate surface area is 178 Å². The molecule has 7 nitrogen and oxygen atoms in total. The summed E-state index contributed by atoms with van der Waals surface area (Å²) in [6.45, 7) is 4.09. The van der Waals surface area contributed by atoms with Crippen molar-refractivity contribution in [2.24, 2.45) is 16.9 Å². The van der Waals surface area contributed by atoms with Gasteiger partial charge >= 0.3 is 0 Å². The monoisotopic (exact) mass is 407 g/mol. The normalized spacial score (nSPS) is 22.6. The maximum absolute atomic E-state index is 6.18. The van der Waals surface area contributed by atoms with Gasteiger partial charge in [0.2, 0.25) is 0 Å². The molecule has 30 heavy (non-hydrogen) atoms. The fraction of sp³-hybridized carbons (Fsp3) is 0.565. The van der Waals surface area contributed by atoms with Crippen molar-refractivity contribution in [2.45, 2.75) is 64.8 Å². The standard InChI is InChI=1S/C23H33N7/c1-4-14(12-27-25-3)18-13-26-22(24)21-20(18)30-23(19(5-2)29-21)28-17-10-9-16(11-17)15-7-6-8-15/h4,12-13,15-17,25H,5-11H2,1-3H3,(H2,24,26)(H,28,30)/b14-4+,27-12-/t16-,17+/m0/s1. The Morgan fingerprint density at radius 2 is 2.03 bits per heavy atom. The molecule has 2 fully saturated rings. The highest BCUT2D eigenvalue weighted by Gasteiger charge is 2.34. The van der Waals surface area contributed by atoms with Crippen LogP contribution < -0.4 is 16.5 Å². The van der Waals surface area contributed by atoms with E-state index < -0.39 is 0 Å². The molecule has 0 aromatic carbocycles. The van der Waals surface area contributed by atoms with Crippen molar-refractivity contribution < 1.29 is 0 Å². The van der Waals surface area contributed by atoms with Crippen molar-refractivity contribution in [3.8, 4) is 0 Å². The van der Waals surface area contributed by atoms with E-state index in [1.54, 1.807) is 19.5 Å². The largest absolute Gasteiger partial charge is 0.382 e. The quantitative estimate of drug-likeness (QED) is 0.471. The van der Waals surface area contributed by atoms with Crippen LogP contribution >= 0.6 is 0 Å². The van der Waals surface area contributed by atoms with Crippen molar-refractivity contribution >= 4 is 34.5 Å². The molecule has 0 bridgehead atoms. The van der Waals surface area contributed by atoms with Gasteiger partial charge < -0.3 is 16.5 Å². The Balaban J connectivity index is 1.69. The second-order valence-corrected chi connectivity index (χ2v) is 8.46. The molecule has 2 saturated carbocycles. The molecule has 2 atom stereocenters. The lowest BCUT2D eigenvalue weighted by Crippen LogP contribution is -2.23. The van der Waals surface area contributed by atoms with Gasteiger partial charge in [0, 0.05) is 30.4 Å². The molecule has 2 aromatic heterocycles. The second-order valence-electron chi connectivity index (χ2n) is 8.46. The van der Waals surface area contributed by atoms with E-state index in [4.69, 9.17) is 15.7 Å². The molecule has 4 N–H and O–H groups in total. The predicted octanol–water partition coefficient (Wildman–Crippen LogP) is 4.16. The number of nitrogen functional groups attached to an aromatic ring is 1. The van der Waals surface area contributed by atoms with E-state index in [1.807, 2.05) is 13.0 Å². The fourth-order valence-electron chi connectivity index (χ4n) is 4.78. The van der Waals surface area contributed by atoms with Crippen LogP contribution in [0.2, 0.25) is 0 Å². The topological polar surface area (TPSA) is 101 Å². The lowest BCUT2D eigenvalue weighted by Gasteiger charge is -2.31. The van der Waals surface area contributed by atoms with Gasteiger partial charge in [0.15, 0.2) is 5.82 Å². The number of hydrogen-bond donors (Lipinski definition) is 3. The third-order valence-corrected chi connectivity index (χ3v) is 6.72. The first-order valence-electron chi connectivity index (χ1n) is 11.2. The second kappa shape index (κ2) is 8.98. The summed E-state index contributed by atoms with van der Waals surface area (Å²) in [5.41, 5.74) is 13.2. The Morgan fingerprint density at radius 1 is 1.20 bits per heavy atom. The number of aryl methyl sites for hydroxylation is 1. The molecule has 2 aliphatic rings. The summed E-state index contributed by atoms with van der Waals surface area (Å²) in [7, 11) is 1.77. The minimum Gasteiger partial charge on any atom is -0.382 e. The zero-order chi connectivity index (χ0) is 21.1. The van der Waals surface area contributed by atoms with Crippen LogP contribution in [0.1, 0.15) is 63.6 Å². The third-order valence-electron chi connectivity index (χ3n) is 6.72. The molecule has 0 spiro atoms. The molecule has 0 radical (unpaired) electrons. The highest BCUT2D eigenvalue weighted by molar-refractivity contribution is 6.14. The maximum atomic E-state index is 6.18. The van der Waals surface area contributed by atoms with Crippen molar-refractivity contribution in [1.82, 2.24) is 20.4 Å². The van der Waals surface area contributed by atoms with Gasteiger partial charge in [-0.05, 0) is 44.4 Å². The van der Waals surface area contributed by atoms with Crippen molar-refractivity contribution in [2.75, 3.05) is 18.1 Å². The summed E-state index contributed by atoms with van der Waals surface area (Å²) < 4.78 is 0. The van der Waals surface area contributed by atoms with Crippen molar-refractivity contribution in [1.29, 1.82) is 0 Å². The van der Waals surface area contributed by atoms with Crippen LogP contribution in [0.15, 0.2) is 17.4 Å². The van der Waals surface area contributed by atoms with Crippen molar-refractivity contribution in [3.63, 3.8) is 0 Å². The van der Waals surface area contributed by atoms with Gasteiger partial charge in [-0.25, -0.2) is 15.0 Å². The number of aromatic nitrogens is 3. The van der Waals surface area contributed by atoms with Crippen LogP contribution in [0.4, 0.5) is 11.6 Å². The number of anilines is 2. The van der Waals surface area contributed by atoms with Crippen molar-refractivity contribution in [3.05, 3.63) is 23.5 Å². The first kappa shape index (κ1) is 20.6. The van der Waals surface area contributed by atoms with Gasteiger partial charge in [-0.3, -0.25) is 0 Å². The molecule has 0 saturated heterocycles. The van der Waals surface area contributed by atoms with E-state index in [2.05, 4.69) is 27.8 Å². The average molecular weight is 408 g/mol. The number of rotatable bonds is 7. The van der Waals surface area contributed by atoms with Crippen LogP contribution in [0, 0.1) is 11.8 Å². The zero-order valence-electron chi connectivity index (χ0n) is 18.3. The molecule has 2 aromatic rings. The molecule has 0 aliphatic heterocycles. The Bertz CT molecular complexity index is 962. The number of fused-ring (bicyclic) bond motifs is 1. The molecule has 4 rings (SSSR count). The third kappa shape index (κ3) is 3.98. The first-order valence-corrected chi connectivity index (χ1v) is 11.2. The lowest BCUT2D eigenvalue weighted by atomic mass is 9.75. The van der Waals surface area contributed by atoms with Gasteiger partial charge in [-0.2, -0.15) is 5.10 Å². The summed E-state index contributed by atoms with van der Waals surface area (Å²) in [6, 6.07) is 0.474. The molecule has 2 heterocycles. The zero-order valence-corrected chi connectivity index (χ0v) is 18.3. The number of nitrogens with zero attached hydrogens (tertiary/aromatic N) is 4. The fourth-order valence-corrected chi connectivity index (χ4v) is 4.78.